The normalized spacial score (nSPS) is 29.9. The lowest BCUT2D eigenvalue weighted by Gasteiger charge is -2.46. The van der Waals surface area contributed by atoms with Crippen LogP contribution in [0, 0.1) is 11.3 Å². The first kappa shape index (κ1) is 16.3. The molecular weight excluding hydrogens is 244 g/mol. The molecule has 0 aromatic heterocycles. The lowest BCUT2D eigenvalue weighted by Crippen LogP contribution is -2.53. The minimum absolute atomic E-state index is 0.472. The van der Waals surface area contributed by atoms with Crippen LogP contribution in [0.5, 0.6) is 0 Å². The summed E-state index contributed by atoms with van der Waals surface area (Å²) in [6, 6.07) is 1.64. The van der Waals surface area contributed by atoms with E-state index in [0.29, 0.717) is 11.5 Å². The van der Waals surface area contributed by atoms with Crippen molar-refractivity contribution in [3.05, 3.63) is 0 Å². The maximum absolute atomic E-state index is 3.89. The lowest BCUT2D eigenvalue weighted by molar-refractivity contribution is 0.0763. The third kappa shape index (κ3) is 4.21. The van der Waals surface area contributed by atoms with Crippen molar-refractivity contribution < 1.29 is 0 Å². The lowest BCUT2D eigenvalue weighted by atomic mass is 9.67. The number of hydrogen-bond donors (Lipinski definition) is 1. The van der Waals surface area contributed by atoms with Crippen LogP contribution >= 0.6 is 0 Å². The Morgan fingerprint density at radius 3 is 2.45 bits per heavy atom. The predicted molar refractivity (Wildman–Crippen MR) is 88.1 cm³/mol. The quantitative estimate of drug-likeness (QED) is 0.721. The summed E-state index contributed by atoms with van der Waals surface area (Å²) in [7, 11) is 0. The van der Waals surface area contributed by atoms with Crippen molar-refractivity contribution in [3.63, 3.8) is 0 Å². The van der Waals surface area contributed by atoms with Gasteiger partial charge < -0.3 is 10.2 Å². The highest BCUT2D eigenvalue weighted by Crippen LogP contribution is 2.40. The van der Waals surface area contributed by atoms with E-state index in [2.05, 4.69) is 37.9 Å². The highest BCUT2D eigenvalue weighted by molar-refractivity contribution is 4.96. The largest absolute Gasteiger partial charge is 0.313 e. The van der Waals surface area contributed by atoms with Gasteiger partial charge in [0, 0.05) is 18.6 Å². The Morgan fingerprint density at radius 1 is 1.10 bits per heavy atom. The molecule has 0 bridgehead atoms. The van der Waals surface area contributed by atoms with Crippen molar-refractivity contribution in [2.45, 2.75) is 84.7 Å². The monoisotopic (exact) mass is 280 g/mol. The average molecular weight is 280 g/mol. The zero-order valence-corrected chi connectivity index (χ0v) is 14.3. The molecule has 2 heteroatoms. The van der Waals surface area contributed by atoms with E-state index in [1.807, 2.05) is 0 Å². The summed E-state index contributed by atoms with van der Waals surface area (Å²) in [6.07, 6.45) is 9.69. The highest BCUT2D eigenvalue weighted by atomic mass is 15.2. The SMILES string of the molecule is CCCNC1C(CN(CCC)C2CC2)CCCC1(C)C. The molecule has 0 amide bonds. The van der Waals surface area contributed by atoms with Crippen LogP contribution in [0.2, 0.25) is 0 Å². The third-order valence-corrected chi connectivity index (χ3v) is 5.37. The molecule has 0 radical (unpaired) electrons. The van der Waals surface area contributed by atoms with Crippen molar-refractivity contribution in [3.8, 4) is 0 Å². The molecule has 118 valence electrons. The number of nitrogens with zero attached hydrogens (tertiary/aromatic N) is 1. The van der Waals surface area contributed by atoms with Crippen LogP contribution in [0.25, 0.3) is 0 Å². The van der Waals surface area contributed by atoms with E-state index < -0.39 is 0 Å². The smallest absolute Gasteiger partial charge is 0.0159 e. The molecule has 0 aromatic rings. The van der Waals surface area contributed by atoms with Gasteiger partial charge in [0.05, 0.1) is 0 Å². The van der Waals surface area contributed by atoms with Gasteiger partial charge in [-0.25, -0.2) is 0 Å². The molecule has 1 N–H and O–H groups in total. The van der Waals surface area contributed by atoms with Crippen molar-refractivity contribution in [2.75, 3.05) is 19.6 Å². The van der Waals surface area contributed by atoms with Gasteiger partial charge in [0.1, 0.15) is 0 Å². The molecular formula is C18H36N2. The first-order chi connectivity index (χ1) is 9.58. The van der Waals surface area contributed by atoms with Crippen LogP contribution in [0.1, 0.15) is 72.6 Å². The van der Waals surface area contributed by atoms with Crippen molar-refractivity contribution in [2.24, 2.45) is 11.3 Å². The van der Waals surface area contributed by atoms with Gasteiger partial charge in [-0.3, -0.25) is 0 Å². The summed E-state index contributed by atoms with van der Waals surface area (Å²) < 4.78 is 0. The second-order valence-corrected chi connectivity index (χ2v) is 7.80. The van der Waals surface area contributed by atoms with Crippen LogP contribution < -0.4 is 5.32 Å². The Morgan fingerprint density at radius 2 is 1.85 bits per heavy atom. The Bertz CT molecular complexity index is 283. The second-order valence-electron chi connectivity index (χ2n) is 7.80. The summed E-state index contributed by atoms with van der Waals surface area (Å²) in [6.45, 7) is 13.4. The van der Waals surface area contributed by atoms with Gasteiger partial charge in [-0.2, -0.15) is 0 Å². The summed E-state index contributed by atoms with van der Waals surface area (Å²) >= 11 is 0. The number of hydrogen-bond acceptors (Lipinski definition) is 2. The summed E-state index contributed by atoms with van der Waals surface area (Å²) in [5.74, 6) is 0.859. The molecule has 20 heavy (non-hydrogen) atoms. The van der Waals surface area contributed by atoms with Crippen molar-refractivity contribution in [1.29, 1.82) is 0 Å². The Kier molecular flexibility index (Phi) is 5.92. The predicted octanol–water partition coefficient (Wildman–Crippen LogP) is 4.06. The van der Waals surface area contributed by atoms with E-state index in [1.165, 1.54) is 64.6 Å². The third-order valence-electron chi connectivity index (χ3n) is 5.37. The molecule has 2 atom stereocenters. The van der Waals surface area contributed by atoms with Crippen LogP contribution in [-0.2, 0) is 0 Å². The van der Waals surface area contributed by atoms with E-state index in [0.717, 1.165) is 12.0 Å². The molecule has 0 saturated heterocycles. The van der Waals surface area contributed by atoms with E-state index in [9.17, 15) is 0 Å². The van der Waals surface area contributed by atoms with Crippen LogP contribution in [0.3, 0.4) is 0 Å². The molecule has 0 heterocycles. The second kappa shape index (κ2) is 7.26. The van der Waals surface area contributed by atoms with E-state index in [1.54, 1.807) is 0 Å². The van der Waals surface area contributed by atoms with E-state index >= 15 is 0 Å². The zero-order chi connectivity index (χ0) is 14.6. The Labute approximate surface area is 126 Å². The number of nitrogens with one attached hydrogen (secondary N) is 1. The fourth-order valence-electron chi connectivity index (χ4n) is 4.17. The van der Waals surface area contributed by atoms with Crippen LogP contribution in [0.15, 0.2) is 0 Å². The Balaban J connectivity index is 1.97. The first-order valence-corrected chi connectivity index (χ1v) is 9.06. The summed E-state index contributed by atoms with van der Waals surface area (Å²) in [4.78, 5) is 2.80. The molecule has 0 aliphatic heterocycles. The fraction of sp³-hybridized carbons (Fsp3) is 1.00. The molecule has 2 nitrogen and oxygen atoms in total. The van der Waals surface area contributed by atoms with Crippen molar-refractivity contribution in [1.82, 2.24) is 10.2 Å². The van der Waals surface area contributed by atoms with Crippen LogP contribution in [-0.4, -0.2) is 36.6 Å². The van der Waals surface area contributed by atoms with Gasteiger partial charge in [-0.15, -0.1) is 0 Å². The molecule has 2 aliphatic rings. The van der Waals surface area contributed by atoms with E-state index in [4.69, 9.17) is 0 Å². The average Bonchev–Trinajstić information content (AvgIpc) is 3.21. The fourth-order valence-corrected chi connectivity index (χ4v) is 4.17. The minimum atomic E-state index is 0.472. The highest BCUT2D eigenvalue weighted by Gasteiger charge is 2.40. The van der Waals surface area contributed by atoms with E-state index in [-0.39, 0.29) is 0 Å². The minimum Gasteiger partial charge on any atom is -0.313 e. The van der Waals surface area contributed by atoms with Gasteiger partial charge in [0.15, 0.2) is 0 Å². The summed E-state index contributed by atoms with van der Waals surface area (Å²) in [5, 5.41) is 3.89. The topological polar surface area (TPSA) is 15.3 Å². The molecule has 2 saturated carbocycles. The summed E-state index contributed by atoms with van der Waals surface area (Å²) in [5.41, 5.74) is 0.472. The zero-order valence-electron chi connectivity index (χ0n) is 14.3. The molecule has 2 fully saturated rings. The Hall–Kier alpha value is -0.0800. The van der Waals surface area contributed by atoms with Gasteiger partial charge in [-0.05, 0) is 62.9 Å². The molecule has 2 aliphatic carbocycles. The molecule has 2 rings (SSSR count). The van der Waals surface area contributed by atoms with Crippen LogP contribution in [0.4, 0.5) is 0 Å². The van der Waals surface area contributed by atoms with Gasteiger partial charge in [0.25, 0.3) is 0 Å². The van der Waals surface area contributed by atoms with Gasteiger partial charge in [0.2, 0.25) is 0 Å². The van der Waals surface area contributed by atoms with Gasteiger partial charge in [-0.1, -0.05) is 34.1 Å². The van der Waals surface area contributed by atoms with Gasteiger partial charge >= 0.3 is 0 Å². The molecule has 0 spiro atoms. The standard InChI is InChI=1S/C18H36N2/c1-5-12-19-17-15(8-7-11-18(17,3)4)14-20(13-6-2)16-9-10-16/h15-17,19H,5-14H2,1-4H3. The maximum Gasteiger partial charge on any atom is 0.0159 e. The molecule has 2 unspecified atom stereocenters. The first-order valence-electron chi connectivity index (χ1n) is 9.06. The van der Waals surface area contributed by atoms with Crippen molar-refractivity contribution >= 4 is 0 Å². The number of rotatable bonds is 8. The maximum atomic E-state index is 3.89. The molecule has 0 aromatic carbocycles.